The number of carbonyl (C=O) groups excluding carboxylic acids is 4. The van der Waals surface area contributed by atoms with Gasteiger partial charge in [-0.05, 0) is 51.1 Å². The second kappa shape index (κ2) is 8.36. The second-order valence-corrected chi connectivity index (χ2v) is 7.77. The summed E-state index contributed by atoms with van der Waals surface area (Å²) in [6.07, 6.45) is -0.556. The fourth-order valence-electron chi connectivity index (χ4n) is 2.96. The van der Waals surface area contributed by atoms with E-state index in [0.29, 0.717) is 22.5 Å². The molecule has 1 aliphatic heterocycles. The predicted molar refractivity (Wildman–Crippen MR) is 112 cm³/mol. The van der Waals surface area contributed by atoms with Crippen LogP contribution in [0.4, 0.5) is 16.2 Å². The topological polar surface area (TPSA) is 105 Å². The molecule has 0 atom stereocenters. The molecule has 1 aliphatic rings. The van der Waals surface area contributed by atoms with Crippen LogP contribution in [0.5, 0.6) is 0 Å². The number of anilines is 2. The van der Waals surface area contributed by atoms with E-state index in [4.69, 9.17) is 4.74 Å². The summed E-state index contributed by atoms with van der Waals surface area (Å²) in [6, 6.07) is 13.1. The molecular formula is C22H23N3O5. The normalized spacial score (nSPS) is 13.1. The summed E-state index contributed by atoms with van der Waals surface area (Å²) in [5, 5.41) is 5.21. The number of amides is 4. The molecule has 0 fully saturated rings. The van der Waals surface area contributed by atoms with Crippen molar-refractivity contribution in [3.05, 3.63) is 59.7 Å². The number of rotatable bonds is 5. The van der Waals surface area contributed by atoms with Gasteiger partial charge in [0.15, 0.2) is 0 Å². The first-order chi connectivity index (χ1) is 14.2. The van der Waals surface area contributed by atoms with E-state index in [9.17, 15) is 19.2 Å². The Morgan fingerprint density at radius 3 is 2.20 bits per heavy atom. The Morgan fingerprint density at radius 2 is 1.60 bits per heavy atom. The van der Waals surface area contributed by atoms with Gasteiger partial charge in [-0.2, -0.15) is 0 Å². The van der Waals surface area contributed by atoms with Crippen molar-refractivity contribution in [2.24, 2.45) is 0 Å². The Bertz CT molecular complexity index is 975. The van der Waals surface area contributed by atoms with Crippen molar-refractivity contribution < 1.29 is 23.9 Å². The average molecular weight is 409 g/mol. The summed E-state index contributed by atoms with van der Waals surface area (Å²) in [5.41, 5.74) is 0.893. The molecule has 8 nitrogen and oxygen atoms in total. The van der Waals surface area contributed by atoms with Crippen molar-refractivity contribution in [3.63, 3.8) is 0 Å². The zero-order valence-electron chi connectivity index (χ0n) is 17.0. The second-order valence-electron chi connectivity index (χ2n) is 7.77. The first kappa shape index (κ1) is 21.0. The molecule has 0 saturated carbocycles. The number of ether oxygens (including phenoxy) is 1. The van der Waals surface area contributed by atoms with Gasteiger partial charge < -0.3 is 15.4 Å². The monoisotopic (exact) mass is 409 g/mol. The smallest absolute Gasteiger partial charge is 0.407 e. The van der Waals surface area contributed by atoms with Gasteiger partial charge in [-0.1, -0.05) is 18.2 Å². The van der Waals surface area contributed by atoms with Gasteiger partial charge in [0.2, 0.25) is 5.91 Å². The van der Waals surface area contributed by atoms with Crippen molar-refractivity contribution >= 4 is 35.2 Å². The minimum atomic E-state index is -0.614. The standard InChI is InChI=1S/C22H23N3O5/c1-22(2,3)30-21(29)23-12-11-18(26)24-14-7-6-8-15(13-14)25-19(27)16-9-4-5-10-17(16)20(25)28/h4-10,13H,11-12H2,1-3H3,(H,23,29)(H,24,26). The minimum Gasteiger partial charge on any atom is -0.444 e. The summed E-state index contributed by atoms with van der Waals surface area (Å²) in [5.74, 6) is -1.13. The van der Waals surface area contributed by atoms with Gasteiger partial charge in [0, 0.05) is 18.7 Å². The van der Waals surface area contributed by atoms with Gasteiger partial charge in [0.1, 0.15) is 5.60 Å². The Kier molecular flexibility index (Phi) is 5.86. The summed E-state index contributed by atoms with van der Waals surface area (Å²) >= 11 is 0. The number of hydrogen-bond donors (Lipinski definition) is 2. The Balaban J connectivity index is 1.60. The Labute approximate surface area is 174 Å². The molecule has 4 amide bonds. The van der Waals surface area contributed by atoms with E-state index in [1.807, 2.05) is 0 Å². The van der Waals surface area contributed by atoms with E-state index >= 15 is 0 Å². The molecule has 156 valence electrons. The maximum Gasteiger partial charge on any atom is 0.407 e. The first-order valence-electron chi connectivity index (χ1n) is 9.50. The van der Waals surface area contributed by atoms with Crippen molar-refractivity contribution in [3.8, 4) is 0 Å². The molecule has 0 saturated heterocycles. The SMILES string of the molecule is CC(C)(C)OC(=O)NCCC(=O)Nc1cccc(N2C(=O)c3ccccc3C2=O)c1. The van der Waals surface area contributed by atoms with E-state index in [-0.39, 0.29) is 18.9 Å². The van der Waals surface area contributed by atoms with E-state index in [1.165, 1.54) is 0 Å². The molecule has 0 bridgehead atoms. The number of alkyl carbamates (subject to hydrolysis) is 1. The lowest BCUT2D eigenvalue weighted by atomic mass is 10.1. The third-order valence-corrected chi connectivity index (χ3v) is 4.20. The molecule has 0 spiro atoms. The third kappa shape index (κ3) is 4.83. The highest BCUT2D eigenvalue weighted by molar-refractivity contribution is 6.34. The van der Waals surface area contributed by atoms with E-state index < -0.39 is 23.5 Å². The van der Waals surface area contributed by atoms with Crippen LogP contribution in [0.2, 0.25) is 0 Å². The number of nitrogens with zero attached hydrogens (tertiary/aromatic N) is 1. The maximum atomic E-state index is 12.6. The first-order valence-corrected chi connectivity index (χ1v) is 9.50. The Morgan fingerprint density at radius 1 is 0.967 bits per heavy atom. The van der Waals surface area contributed by atoms with E-state index in [1.54, 1.807) is 69.3 Å². The highest BCUT2D eigenvalue weighted by atomic mass is 16.6. The molecule has 2 aromatic rings. The number of hydrogen-bond acceptors (Lipinski definition) is 5. The molecule has 0 aliphatic carbocycles. The van der Waals surface area contributed by atoms with Crippen molar-refractivity contribution in [2.45, 2.75) is 32.8 Å². The molecule has 2 aromatic carbocycles. The van der Waals surface area contributed by atoms with Gasteiger partial charge in [-0.3, -0.25) is 14.4 Å². The fourth-order valence-corrected chi connectivity index (χ4v) is 2.96. The highest BCUT2D eigenvalue weighted by Crippen LogP contribution is 2.29. The van der Waals surface area contributed by atoms with Gasteiger partial charge in [-0.25, -0.2) is 9.69 Å². The van der Waals surface area contributed by atoms with Gasteiger partial charge in [0.25, 0.3) is 11.8 Å². The average Bonchev–Trinajstić information content (AvgIpc) is 2.91. The van der Waals surface area contributed by atoms with Crippen LogP contribution < -0.4 is 15.5 Å². The Hall–Kier alpha value is -3.68. The fraction of sp³-hybridized carbons (Fsp3) is 0.273. The van der Waals surface area contributed by atoms with Crippen LogP contribution in [-0.2, 0) is 9.53 Å². The number of imide groups is 1. The van der Waals surface area contributed by atoms with Gasteiger partial charge >= 0.3 is 6.09 Å². The van der Waals surface area contributed by atoms with E-state index in [2.05, 4.69) is 10.6 Å². The van der Waals surface area contributed by atoms with E-state index in [0.717, 1.165) is 4.90 Å². The lowest BCUT2D eigenvalue weighted by Gasteiger charge is -2.19. The molecule has 1 heterocycles. The van der Waals surface area contributed by atoms with Crippen LogP contribution in [0.15, 0.2) is 48.5 Å². The van der Waals surface area contributed by atoms with Gasteiger partial charge in [0.05, 0.1) is 16.8 Å². The van der Waals surface area contributed by atoms with Crippen molar-refractivity contribution in [1.82, 2.24) is 5.32 Å². The van der Waals surface area contributed by atoms with Crippen molar-refractivity contribution in [2.75, 3.05) is 16.8 Å². The zero-order chi connectivity index (χ0) is 21.9. The van der Waals surface area contributed by atoms with Gasteiger partial charge in [-0.15, -0.1) is 0 Å². The third-order valence-electron chi connectivity index (χ3n) is 4.20. The van der Waals surface area contributed by atoms with Crippen LogP contribution in [0, 0.1) is 0 Å². The van der Waals surface area contributed by atoms with Crippen molar-refractivity contribution in [1.29, 1.82) is 0 Å². The van der Waals surface area contributed by atoms with Crippen LogP contribution in [0.1, 0.15) is 47.9 Å². The van der Waals surface area contributed by atoms with Crippen LogP contribution in [0.25, 0.3) is 0 Å². The molecule has 8 heteroatoms. The summed E-state index contributed by atoms with van der Waals surface area (Å²) in [4.78, 5) is 50.1. The lowest BCUT2D eigenvalue weighted by Crippen LogP contribution is -2.34. The number of nitrogens with one attached hydrogen (secondary N) is 2. The number of fused-ring (bicyclic) bond motifs is 1. The number of benzene rings is 2. The molecule has 30 heavy (non-hydrogen) atoms. The summed E-state index contributed by atoms with van der Waals surface area (Å²) in [6.45, 7) is 5.36. The largest absolute Gasteiger partial charge is 0.444 e. The molecule has 0 unspecified atom stereocenters. The molecule has 0 radical (unpaired) electrons. The quantitative estimate of drug-likeness (QED) is 0.737. The predicted octanol–water partition coefficient (Wildman–Crippen LogP) is 3.34. The van der Waals surface area contributed by atoms with Crippen LogP contribution in [-0.4, -0.2) is 36.0 Å². The summed E-state index contributed by atoms with van der Waals surface area (Å²) in [7, 11) is 0. The highest BCUT2D eigenvalue weighted by Gasteiger charge is 2.36. The molecule has 2 N–H and O–H groups in total. The molecule has 0 aromatic heterocycles. The summed E-state index contributed by atoms with van der Waals surface area (Å²) < 4.78 is 5.11. The maximum absolute atomic E-state index is 12.6. The van der Waals surface area contributed by atoms with Crippen LogP contribution >= 0.6 is 0 Å². The zero-order valence-corrected chi connectivity index (χ0v) is 17.0. The molecular weight excluding hydrogens is 386 g/mol. The van der Waals surface area contributed by atoms with Crippen LogP contribution in [0.3, 0.4) is 0 Å². The minimum absolute atomic E-state index is 0.0382. The number of carbonyl (C=O) groups is 4. The lowest BCUT2D eigenvalue weighted by molar-refractivity contribution is -0.116. The molecule has 3 rings (SSSR count).